The summed E-state index contributed by atoms with van der Waals surface area (Å²) in [5.41, 5.74) is 1.78. The molecule has 0 atom stereocenters. The number of hydrogen-bond donors (Lipinski definition) is 1. The molecule has 0 unspecified atom stereocenters. The normalized spacial score (nSPS) is 10.2. The van der Waals surface area contributed by atoms with E-state index in [1.54, 1.807) is 6.20 Å². The average molecular weight is 223 g/mol. The fraction of sp³-hybridized carbons (Fsp3) is 0.545. The maximum atomic E-state index is 10.5. The molecule has 0 aliphatic rings. The molecule has 1 rings (SSSR count). The van der Waals surface area contributed by atoms with Crippen molar-refractivity contribution in [1.29, 1.82) is 0 Å². The highest BCUT2D eigenvalue weighted by atomic mass is 16.4. The minimum atomic E-state index is -0.796. The van der Waals surface area contributed by atoms with Crippen LogP contribution in [0.3, 0.4) is 0 Å². The molecule has 0 aromatic carbocycles. The largest absolute Gasteiger partial charge is 0.481 e. The van der Waals surface area contributed by atoms with Gasteiger partial charge in [0.1, 0.15) is 5.82 Å². The smallest absolute Gasteiger partial charge is 0.305 e. The predicted molar refractivity (Wildman–Crippen MR) is 61.6 cm³/mol. The van der Waals surface area contributed by atoms with Gasteiger partial charge >= 0.3 is 5.97 Å². The van der Waals surface area contributed by atoms with Gasteiger partial charge in [-0.2, -0.15) is 0 Å². The number of aliphatic carboxylic acids is 1. The molecule has 0 bridgehead atoms. The standard InChI is InChI=1S/C11H17N3O2/c1-4-14(6-5-11(15)16)10-7-12-8(2)9(3)13-10/h7H,4-6H2,1-3H3,(H,15,16). The Balaban J connectivity index is 2.78. The summed E-state index contributed by atoms with van der Waals surface area (Å²) >= 11 is 0. The quantitative estimate of drug-likeness (QED) is 0.817. The molecule has 0 amide bonds. The number of aromatic nitrogens is 2. The average Bonchev–Trinajstić information content (AvgIpc) is 2.23. The molecule has 0 saturated heterocycles. The van der Waals surface area contributed by atoms with Gasteiger partial charge in [-0.15, -0.1) is 0 Å². The highest BCUT2D eigenvalue weighted by Gasteiger charge is 2.09. The van der Waals surface area contributed by atoms with Crippen molar-refractivity contribution in [1.82, 2.24) is 9.97 Å². The van der Waals surface area contributed by atoms with Crippen LogP contribution in [-0.4, -0.2) is 34.1 Å². The Kier molecular flexibility index (Phi) is 4.22. The van der Waals surface area contributed by atoms with Gasteiger partial charge < -0.3 is 10.0 Å². The van der Waals surface area contributed by atoms with E-state index in [-0.39, 0.29) is 6.42 Å². The summed E-state index contributed by atoms with van der Waals surface area (Å²) in [6, 6.07) is 0. The molecule has 0 fully saturated rings. The van der Waals surface area contributed by atoms with Crippen LogP contribution in [-0.2, 0) is 4.79 Å². The Morgan fingerprint density at radius 3 is 2.62 bits per heavy atom. The third kappa shape index (κ3) is 3.18. The van der Waals surface area contributed by atoms with Crippen LogP contribution in [0.5, 0.6) is 0 Å². The first-order valence-electron chi connectivity index (χ1n) is 5.31. The minimum Gasteiger partial charge on any atom is -0.481 e. The molecular weight excluding hydrogens is 206 g/mol. The van der Waals surface area contributed by atoms with Gasteiger partial charge in [0.25, 0.3) is 0 Å². The number of nitrogens with zero attached hydrogens (tertiary/aromatic N) is 3. The van der Waals surface area contributed by atoms with Gasteiger partial charge in [-0.1, -0.05) is 0 Å². The Bertz CT molecular complexity index is 379. The van der Waals surface area contributed by atoms with Gasteiger partial charge in [-0.3, -0.25) is 9.78 Å². The zero-order valence-corrected chi connectivity index (χ0v) is 9.90. The van der Waals surface area contributed by atoms with Crippen LogP contribution in [0.15, 0.2) is 6.20 Å². The molecular formula is C11H17N3O2. The molecule has 0 aliphatic carbocycles. The SMILES string of the molecule is CCN(CCC(=O)O)c1cnc(C)c(C)n1. The van der Waals surface area contributed by atoms with E-state index in [0.29, 0.717) is 6.54 Å². The number of carboxylic acids is 1. The topological polar surface area (TPSA) is 66.3 Å². The van der Waals surface area contributed by atoms with Gasteiger partial charge in [0.2, 0.25) is 0 Å². The van der Waals surface area contributed by atoms with Gasteiger partial charge in [0.05, 0.1) is 24.0 Å². The van der Waals surface area contributed by atoms with Crippen molar-refractivity contribution in [3.63, 3.8) is 0 Å². The molecule has 5 heteroatoms. The van der Waals surface area contributed by atoms with Crippen LogP contribution in [0.25, 0.3) is 0 Å². The Morgan fingerprint density at radius 1 is 1.44 bits per heavy atom. The lowest BCUT2D eigenvalue weighted by Crippen LogP contribution is -2.27. The highest BCUT2D eigenvalue weighted by molar-refractivity contribution is 5.67. The summed E-state index contributed by atoms with van der Waals surface area (Å²) < 4.78 is 0. The summed E-state index contributed by atoms with van der Waals surface area (Å²) in [6.45, 7) is 6.96. The summed E-state index contributed by atoms with van der Waals surface area (Å²) in [5.74, 6) is -0.0536. The predicted octanol–water partition coefficient (Wildman–Crippen LogP) is 1.39. The van der Waals surface area contributed by atoms with E-state index in [9.17, 15) is 4.79 Å². The molecule has 0 aliphatic heterocycles. The van der Waals surface area contributed by atoms with Gasteiger partial charge in [-0.05, 0) is 20.8 Å². The number of hydrogen-bond acceptors (Lipinski definition) is 4. The maximum absolute atomic E-state index is 10.5. The Labute approximate surface area is 95.1 Å². The number of anilines is 1. The van der Waals surface area contributed by atoms with E-state index in [0.717, 1.165) is 23.8 Å². The molecule has 0 saturated carbocycles. The fourth-order valence-corrected chi connectivity index (χ4v) is 1.35. The van der Waals surface area contributed by atoms with Crippen molar-refractivity contribution >= 4 is 11.8 Å². The van der Waals surface area contributed by atoms with Crippen molar-refractivity contribution in [3.05, 3.63) is 17.6 Å². The number of carboxylic acid groups (broad SMARTS) is 1. The first-order chi connectivity index (χ1) is 7.54. The third-order valence-corrected chi connectivity index (χ3v) is 2.48. The van der Waals surface area contributed by atoms with Crippen LogP contribution in [0, 0.1) is 13.8 Å². The molecule has 0 spiro atoms. The van der Waals surface area contributed by atoms with Crippen molar-refractivity contribution in [2.45, 2.75) is 27.2 Å². The Morgan fingerprint density at radius 2 is 2.12 bits per heavy atom. The van der Waals surface area contributed by atoms with Gasteiger partial charge in [0, 0.05) is 13.1 Å². The second-order valence-corrected chi connectivity index (χ2v) is 3.62. The molecule has 1 aromatic rings. The first kappa shape index (κ1) is 12.4. The summed E-state index contributed by atoms with van der Waals surface area (Å²) in [6.07, 6.45) is 1.80. The minimum absolute atomic E-state index is 0.114. The second-order valence-electron chi connectivity index (χ2n) is 3.62. The van der Waals surface area contributed by atoms with E-state index < -0.39 is 5.97 Å². The number of aryl methyl sites for hydroxylation is 2. The van der Waals surface area contributed by atoms with Crippen LogP contribution < -0.4 is 4.90 Å². The first-order valence-corrected chi connectivity index (χ1v) is 5.31. The van der Waals surface area contributed by atoms with Crippen LogP contribution in [0.2, 0.25) is 0 Å². The number of rotatable bonds is 5. The van der Waals surface area contributed by atoms with E-state index in [2.05, 4.69) is 9.97 Å². The van der Waals surface area contributed by atoms with E-state index in [4.69, 9.17) is 5.11 Å². The van der Waals surface area contributed by atoms with Crippen molar-refractivity contribution < 1.29 is 9.90 Å². The zero-order chi connectivity index (χ0) is 12.1. The monoisotopic (exact) mass is 223 g/mol. The van der Waals surface area contributed by atoms with Crippen molar-refractivity contribution in [2.24, 2.45) is 0 Å². The van der Waals surface area contributed by atoms with Crippen molar-refractivity contribution in [3.8, 4) is 0 Å². The fourth-order valence-electron chi connectivity index (χ4n) is 1.35. The zero-order valence-electron chi connectivity index (χ0n) is 9.90. The van der Waals surface area contributed by atoms with Gasteiger partial charge in [-0.25, -0.2) is 4.98 Å². The molecule has 0 radical (unpaired) electrons. The van der Waals surface area contributed by atoms with Gasteiger partial charge in [0.15, 0.2) is 0 Å². The van der Waals surface area contributed by atoms with Crippen molar-refractivity contribution in [2.75, 3.05) is 18.0 Å². The molecule has 16 heavy (non-hydrogen) atoms. The van der Waals surface area contributed by atoms with E-state index in [1.165, 1.54) is 0 Å². The van der Waals surface area contributed by atoms with Crippen LogP contribution in [0.1, 0.15) is 24.7 Å². The van der Waals surface area contributed by atoms with Crippen LogP contribution in [0.4, 0.5) is 5.82 Å². The molecule has 1 N–H and O–H groups in total. The number of carbonyl (C=O) groups is 1. The second kappa shape index (κ2) is 5.44. The lowest BCUT2D eigenvalue weighted by Gasteiger charge is -2.21. The molecule has 1 aromatic heterocycles. The summed E-state index contributed by atoms with van der Waals surface area (Å²) in [5, 5.41) is 8.64. The lowest BCUT2D eigenvalue weighted by molar-refractivity contribution is -0.136. The third-order valence-electron chi connectivity index (χ3n) is 2.48. The molecule has 1 heterocycles. The highest BCUT2D eigenvalue weighted by Crippen LogP contribution is 2.11. The maximum Gasteiger partial charge on any atom is 0.305 e. The van der Waals surface area contributed by atoms with E-state index in [1.807, 2.05) is 25.7 Å². The van der Waals surface area contributed by atoms with Crippen LogP contribution >= 0.6 is 0 Å². The Hall–Kier alpha value is -1.65. The molecule has 5 nitrogen and oxygen atoms in total. The summed E-state index contributed by atoms with van der Waals surface area (Å²) in [4.78, 5) is 21.0. The lowest BCUT2D eigenvalue weighted by atomic mass is 10.3. The molecule has 88 valence electrons. The van der Waals surface area contributed by atoms with E-state index >= 15 is 0 Å². The summed E-state index contributed by atoms with van der Waals surface area (Å²) in [7, 11) is 0.